The fourth-order valence-electron chi connectivity index (χ4n) is 2.53. The van der Waals surface area contributed by atoms with Gasteiger partial charge < -0.3 is 9.47 Å². The van der Waals surface area contributed by atoms with Crippen molar-refractivity contribution >= 4 is 29.5 Å². The number of methoxy groups -OCH3 is 1. The Morgan fingerprint density at radius 1 is 1.08 bits per heavy atom. The molecule has 3 rings (SSSR count). The largest absolute Gasteiger partial charge is 0.493 e. The Hall–Kier alpha value is -1.59. The van der Waals surface area contributed by atoms with E-state index in [-0.39, 0.29) is 5.97 Å². The molecule has 1 aliphatic rings. The fourth-order valence-corrected chi connectivity index (χ4v) is 5.37. The third-order valence-electron chi connectivity index (χ3n) is 3.77. The lowest BCUT2D eigenvalue weighted by Gasteiger charge is -2.13. The molecule has 0 amide bonds. The second-order valence-electron chi connectivity index (χ2n) is 5.44. The Kier molecular flexibility index (Phi) is 6.10. The third-order valence-corrected chi connectivity index (χ3v) is 6.87. The molecular formula is C19H20O3S2. The number of carbonyl (C=O) groups is 1. The maximum Gasteiger partial charge on any atom is 0.311 e. The van der Waals surface area contributed by atoms with Crippen molar-refractivity contribution in [1.29, 1.82) is 0 Å². The highest BCUT2D eigenvalue weighted by atomic mass is 32.2. The minimum Gasteiger partial charge on any atom is -0.493 e. The van der Waals surface area contributed by atoms with E-state index < -0.39 is 0 Å². The van der Waals surface area contributed by atoms with Crippen molar-refractivity contribution in [2.24, 2.45) is 0 Å². The Morgan fingerprint density at radius 2 is 1.83 bits per heavy atom. The molecule has 24 heavy (non-hydrogen) atoms. The van der Waals surface area contributed by atoms with Crippen LogP contribution in [0, 0.1) is 0 Å². The van der Waals surface area contributed by atoms with Gasteiger partial charge in [0, 0.05) is 17.9 Å². The van der Waals surface area contributed by atoms with Crippen molar-refractivity contribution in [2.75, 3.05) is 18.6 Å². The average molecular weight is 361 g/mol. The SMILES string of the molecule is COc1cc(C2SCCS2)ccc1OC(=O)CCc1ccccc1. The van der Waals surface area contributed by atoms with Crippen LogP contribution in [0.5, 0.6) is 11.5 Å². The van der Waals surface area contributed by atoms with Crippen LogP contribution in [-0.4, -0.2) is 24.6 Å². The van der Waals surface area contributed by atoms with Gasteiger partial charge in [-0.3, -0.25) is 4.79 Å². The second-order valence-corrected chi connectivity index (χ2v) is 8.17. The number of aryl methyl sites for hydroxylation is 1. The minimum absolute atomic E-state index is 0.241. The molecular weight excluding hydrogens is 340 g/mol. The molecule has 0 bridgehead atoms. The van der Waals surface area contributed by atoms with E-state index in [1.54, 1.807) is 7.11 Å². The van der Waals surface area contributed by atoms with Crippen LogP contribution in [-0.2, 0) is 11.2 Å². The maximum absolute atomic E-state index is 12.1. The van der Waals surface area contributed by atoms with Crippen molar-refractivity contribution in [2.45, 2.75) is 17.4 Å². The molecule has 2 aromatic rings. The van der Waals surface area contributed by atoms with Crippen LogP contribution in [0.15, 0.2) is 48.5 Å². The Morgan fingerprint density at radius 3 is 2.54 bits per heavy atom. The zero-order chi connectivity index (χ0) is 16.8. The van der Waals surface area contributed by atoms with E-state index in [0.717, 1.165) is 5.56 Å². The molecule has 0 aliphatic carbocycles. The van der Waals surface area contributed by atoms with Gasteiger partial charge in [0.15, 0.2) is 11.5 Å². The first-order valence-electron chi connectivity index (χ1n) is 7.92. The van der Waals surface area contributed by atoms with Crippen LogP contribution >= 0.6 is 23.5 Å². The predicted octanol–water partition coefficient (Wildman–Crippen LogP) is 4.71. The first kappa shape index (κ1) is 17.2. The number of carbonyl (C=O) groups excluding carboxylic acids is 1. The topological polar surface area (TPSA) is 35.5 Å². The monoisotopic (exact) mass is 360 g/mol. The smallest absolute Gasteiger partial charge is 0.311 e. The van der Waals surface area contributed by atoms with Gasteiger partial charge in [-0.2, -0.15) is 0 Å². The number of thioether (sulfide) groups is 2. The second kappa shape index (κ2) is 8.49. The first-order chi connectivity index (χ1) is 11.8. The normalized spacial score (nSPS) is 14.5. The summed E-state index contributed by atoms with van der Waals surface area (Å²) in [4.78, 5) is 12.1. The zero-order valence-electron chi connectivity index (χ0n) is 13.6. The van der Waals surface area contributed by atoms with Gasteiger partial charge in [-0.15, -0.1) is 23.5 Å². The average Bonchev–Trinajstić information content (AvgIpc) is 3.16. The molecule has 0 spiro atoms. The summed E-state index contributed by atoms with van der Waals surface area (Å²) in [6.45, 7) is 0. The standard InChI is InChI=1S/C19H20O3S2/c1-21-17-13-15(19-23-11-12-24-19)8-9-16(17)22-18(20)10-7-14-5-3-2-4-6-14/h2-6,8-9,13,19H,7,10-12H2,1H3. The number of hydrogen-bond acceptors (Lipinski definition) is 5. The van der Waals surface area contributed by atoms with Crippen LogP contribution in [0.1, 0.15) is 22.1 Å². The molecule has 3 nitrogen and oxygen atoms in total. The van der Waals surface area contributed by atoms with E-state index in [2.05, 4.69) is 0 Å². The van der Waals surface area contributed by atoms with E-state index >= 15 is 0 Å². The number of esters is 1. The molecule has 1 saturated heterocycles. The van der Waals surface area contributed by atoms with Gasteiger partial charge in [0.25, 0.3) is 0 Å². The minimum atomic E-state index is -0.241. The van der Waals surface area contributed by atoms with E-state index in [1.165, 1.54) is 17.1 Å². The van der Waals surface area contributed by atoms with E-state index in [0.29, 0.717) is 28.9 Å². The summed E-state index contributed by atoms with van der Waals surface area (Å²) in [5, 5.41) is 0. The molecule has 0 unspecified atom stereocenters. The summed E-state index contributed by atoms with van der Waals surface area (Å²) in [6.07, 6.45) is 1.03. The summed E-state index contributed by atoms with van der Waals surface area (Å²) in [5.41, 5.74) is 2.34. The molecule has 0 radical (unpaired) electrons. The summed E-state index contributed by atoms with van der Waals surface area (Å²) >= 11 is 3.88. The highest BCUT2D eigenvalue weighted by Gasteiger charge is 2.20. The lowest BCUT2D eigenvalue weighted by Crippen LogP contribution is -2.10. The highest BCUT2D eigenvalue weighted by Crippen LogP contribution is 2.46. The molecule has 0 atom stereocenters. The molecule has 126 valence electrons. The lowest BCUT2D eigenvalue weighted by molar-refractivity contribution is -0.134. The van der Waals surface area contributed by atoms with Crippen molar-refractivity contribution in [3.63, 3.8) is 0 Å². The molecule has 1 aliphatic heterocycles. The number of ether oxygens (including phenoxy) is 2. The third kappa shape index (κ3) is 4.48. The van der Waals surface area contributed by atoms with E-state index in [9.17, 15) is 4.79 Å². The fraction of sp³-hybridized carbons (Fsp3) is 0.316. The van der Waals surface area contributed by atoms with Crippen LogP contribution in [0.3, 0.4) is 0 Å². The summed E-state index contributed by atoms with van der Waals surface area (Å²) in [6, 6.07) is 15.8. The van der Waals surface area contributed by atoms with Crippen LogP contribution in [0.2, 0.25) is 0 Å². The lowest BCUT2D eigenvalue weighted by atomic mass is 10.1. The van der Waals surface area contributed by atoms with Crippen LogP contribution in [0.4, 0.5) is 0 Å². The molecule has 0 saturated carbocycles. The van der Waals surface area contributed by atoms with Crippen molar-refractivity contribution in [3.05, 3.63) is 59.7 Å². The predicted molar refractivity (Wildman–Crippen MR) is 101 cm³/mol. The van der Waals surface area contributed by atoms with Crippen molar-refractivity contribution < 1.29 is 14.3 Å². The van der Waals surface area contributed by atoms with Gasteiger partial charge in [0.05, 0.1) is 11.7 Å². The number of benzene rings is 2. The van der Waals surface area contributed by atoms with Gasteiger partial charge in [-0.1, -0.05) is 36.4 Å². The van der Waals surface area contributed by atoms with E-state index in [4.69, 9.17) is 9.47 Å². The van der Waals surface area contributed by atoms with Gasteiger partial charge in [-0.05, 0) is 29.7 Å². The van der Waals surface area contributed by atoms with Gasteiger partial charge in [0.2, 0.25) is 0 Å². The Labute approximate surface area is 151 Å². The van der Waals surface area contributed by atoms with Crippen LogP contribution in [0.25, 0.3) is 0 Å². The number of rotatable bonds is 6. The first-order valence-corrected chi connectivity index (χ1v) is 10.0. The molecule has 0 aromatic heterocycles. The Bertz CT molecular complexity index is 682. The van der Waals surface area contributed by atoms with Crippen LogP contribution < -0.4 is 9.47 Å². The molecule has 5 heteroatoms. The summed E-state index contributed by atoms with van der Waals surface area (Å²) in [5.74, 6) is 3.22. The molecule has 1 fully saturated rings. The zero-order valence-corrected chi connectivity index (χ0v) is 15.2. The molecule has 1 heterocycles. The highest BCUT2D eigenvalue weighted by molar-refractivity contribution is 8.19. The number of hydrogen-bond donors (Lipinski definition) is 0. The van der Waals surface area contributed by atoms with Crippen molar-refractivity contribution in [3.8, 4) is 11.5 Å². The summed E-state index contributed by atoms with van der Waals surface area (Å²) in [7, 11) is 1.61. The van der Waals surface area contributed by atoms with Gasteiger partial charge in [-0.25, -0.2) is 0 Å². The molecule has 0 N–H and O–H groups in total. The maximum atomic E-state index is 12.1. The summed E-state index contributed by atoms with van der Waals surface area (Å²) < 4.78 is 11.4. The molecule has 2 aromatic carbocycles. The van der Waals surface area contributed by atoms with Gasteiger partial charge in [0.1, 0.15) is 0 Å². The quantitative estimate of drug-likeness (QED) is 0.550. The van der Waals surface area contributed by atoms with Crippen molar-refractivity contribution in [1.82, 2.24) is 0 Å². The van der Waals surface area contributed by atoms with E-state index in [1.807, 2.05) is 72.1 Å². The van der Waals surface area contributed by atoms with Gasteiger partial charge >= 0.3 is 5.97 Å². The Balaban J connectivity index is 1.62.